The molecule has 3 heteroatoms. The third kappa shape index (κ3) is 5.10. The topological polar surface area (TPSA) is 29.5 Å². The maximum Gasteiger partial charge on any atom is 0.263 e. The van der Waals surface area contributed by atoms with E-state index in [9.17, 15) is 4.79 Å². The molecule has 4 rings (SSSR count). The molecule has 0 heterocycles. The Morgan fingerprint density at radius 3 is 2.00 bits per heavy atom. The standard InChI is InChI=1S/C27H29NO2/c1-21(30-26-17-16-24-14-8-9-15-25(24)18-26)27(29)28(19-22-10-4-2-5-11-22)20-23-12-6-3-7-13-23/h2-7,10-13,16-18,21H,8-9,14-15,19-20H2,1H3/t21-/m1/s1. The smallest absolute Gasteiger partial charge is 0.263 e. The van der Waals surface area contributed by atoms with Crippen LogP contribution >= 0.6 is 0 Å². The molecule has 1 aliphatic carbocycles. The number of amides is 1. The summed E-state index contributed by atoms with van der Waals surface area (Å²) in [5.74, 6) is 0.788. The second-order valence-electron chi connectivity index (χ2n) is 8.06. The fourth-order valence-electron chi connectivity index (χ4n) is 4.11. The van der Waals surface area contributed by atoms with Crippen LogP contribution in [0.25, 0.3) is 0 Å². The number of carbonyl (C=O) groups excluding carboxylic acids is 1. The van der Waals surface area contributed by atoms with E-state index in [4.69, 9.17) is 4.74 Å². The molecule has 0 unspecified atom stereocenters. The predicted molar refractivity (Wildman–Crippen MR) is 120 cm³/mol. The largest absolute Gasteiger partial charge is 0.481 e. The van der Waals surface area contributed by atoms with Crippen LogP contribution in [0.1, 0.15) is 42.0 Å². The molecule has 0 bridgehead atoms. The van der Waals surface area contributed by atoms with Gasteiger partial charge in [-0.1, -0.05) is 66.7 Å². The van der Waals surface area contributed by atoms with E-state index in [0.717, 1.165) is 29.7 Å². The van der Waals surface area contributed by atoms with Crippen molar-refractivity contribution in [3.8, 4) is 5.75 Å². The van der Waals surface area contributed by atoms with E-state index < -0.39 is 6.10 Å². The third-order valence-corrected chi connectivity index (χ3v) is 5.72. The Hall–Kier alpha value is -3.07. The highest BCUT2D eigenvalue weighted by molar-refractivity contribution is 5.81. The van der Waals surface area contributed by atoms with E-state index >= 15 is 0 Å². The molecule has 3 nitrogen and oxygen atoms in total. The van der Waals surface area contributed by atoms with Crippen LogP contribution in [0.4, 0.5) is 0 Å². The molecule has 1 amide bonds. The van der Waals surface area contributed by atoms with Gasteiger partial charge in [-0.05, 0) is 67.0 Å². The molecule has 154 valence electrons. The Morgan fingerprint density at radius 2 is 1.40 bits per heavy atom. The lowest BCUT2D eigenvalue weighted by atomic mass is 9.92. The molecular weight excluding hydrogens is 370 g/mol. The number of fused-ring (bicyclic) bond motifs is 1. The van der Waals surface area contributed by atoms with Crippen LogP contribution in [0.15, 0.2) is 78.9 Å². The summed E-state index contributed by atoms with van der Waals surface area (Å²) in [5, 5.41) is 0. The van der Waals surface area contributed by atoms with Crippen LogP contribution in [0.5, 0.6) is 5.75 Å². The Morgan fingerprint density at radius 1 is 0.833 bits per heavy atom. The molecule has 3 aromatic carbocycles. The number of carbonyl (C=O) groups is 1. The van der Waals surface area contributed by atoms with Crippen LogP contribution < -0.4 is 4.74 Å². The monoisotopic (exact) mass is 399 g/mol. The Balaban J connectivity index is 1.49. The zero-order valence-corrected chi connectivity index (χ0v) is 17.6. The van der Waals surface area contributed by atoms with E-state index in [1.54, 1.807) is 0 Å². The molecule has 3 aromatic rings. The van der Waals surface area contributed by atoms with Crippen molar-refractivity contribution in [3.05, 3.63) is 101 Å². The van der Waals surface area contributed by atoms with Crippen molar-refractivity contribution in [2.75, 3.05) is 0 Å². The first-order valence-corrected chi connectivity index (χ1v) is 10.8. The lowest BCUT2D eigenvalue weighted by Gasteiger charge is -2.27. The number of nitrogens with zero attached hydrogens (tertiary/aromatic N) is 1. The van der Waals surface area contributed by atoms with Gasteiger partial charge in [-0.3, -0.25) is 4.79 Å². The molecule has 0 aliphatic heterocycles. The van der Waals surface area contributed by atoms with Crippen molar-refractivity contribution < 1.29 is 9.53 Å². The van der Waals surface area contributed by atoms with Gasteiger partial charge in [-0.15, -0.1) is 0 Å². The van der Waals surface area contributed by atoms with Crippen molar-refractivity contribution >= 4 is 5.91 Å². The molecule has 0 spiro atoms. The average molecular weight is 400 g/mol. The molecule has 0 aromatic heterocycles. The summed E-state index contributed by atoms with van der Waals surface area (Å²) in [5.41, 5.74) is 5.01. The SMILES string of the molecule is C[C@@H](Oc1ccc2c(c1)CCCC2)C(=O)N(Cc1ccccc1)Cc1ccccc1. The first kappa shape index (κ1) is 20.2. The number of rotatable bonds is 7. The summed E-state index contributed by atoms with van der Waals surface area (Å²) >= 11 is 0. The van der Waals surface area contributed by atoms with E-state index in [1.807, 2.05) is 54.3 Å². The van der Waals surface area contributed by atoms with Gasteiger partial charge in [0.2, 0.25) is 0 Å². The molecule has 0 fully saturated rings. The lowest BCUT2D eigenvalue weighted by Crippen LogP contribution is -2.39. The maximum atomic E-state index is 13.3. The van der Waals surface area contributed by atoms with E-state index in [2.05, 4.69) is 36.4 Å². The van der Waals surface area contributed by atoms with Crippen molar-refractivity contribution in [2.24, 2.45) is 0 Å². The minimum absolute atomic E-state index is 0.000395. The Labute approximate surface area is 179 Å². The number of aryl methyl sites for hydroxylation is 2. The van der Waals surface area contributed by atoms with Gasteiger partial charge in [0.1, 0.15) is 5.75 Å². The van der Waals surface area contributed by atoms with Gasteiger partial charge < -0.3 is 9.64 Å². The molecular formula is C27H29NO2. The molecule has 1 aliphatic rings. The maximum absolute atomic E-state index is 13.3. The Kier molecular flexibility index (Phi) is 6.48. The number of benzene rings is 3. The summed E-state index contributed by atoms with van der Waals surface area (Å²) in [6, 6.07) is 26.5. The number of ether oxygens (including phenoxy) is 1. The molecule has 0 saturated heterocycles. The summed E-state index contributed by atoms with van der Waals surface area (Å²) in [7, 11) is 0. The third-order valence-electron chi connectivity index (χ3n) is 5.72. The fraction of sp³-hybridized carbons (Fsp3) is 0.296. The number of hydrogen-bond donors (Lipinski definition) is 0. The normalized spacial score (nSPS) is 13.9. The summed E-state index contributed by atoms with van der Waals surface area (Å²) in [6.45, 7) is 2.98. The zero-order valence-electron chi connectivity index (χ0n) is 17.6. The molecule has 0 radical (unpaired) electrons. The van der Waals surface area contributed by atoms with Crippen LogP contribution in [0.2, 0.25) is 0 Å². The van der Waals surface area contributed by atoms with Crippen LogP contribution in [0, 0.1) is 0 Å². The highest BCUT2D eigenvalue weighted by atomic mass is 16.5. The molecule has 1 atom stereocenters. The lowest BCUT2D eigenvalue weighted by molar-refractivity contribution is -0.139. The quantitative estimate of drug-likeness (QED) is 0.520. The number of hydrogen-bond acceptors (Lipinski definition) is 2. The van der Waals surface area contributed by atoms with Crippen molar-refractivity contribution in [1.29, 1.82) is 0 Å². The van der Waals surface area contributed by atoms with E-state index in [-0.39, 0.29) is 5.91 Å². The van der Waals surface area contributed by atoms with Gasteiger partial charge in [0, 0.05) is 13.1 Å². The van der Waals surface area contributed by atoms with Gasteiger partial charge in [-0.2, -0.15) is 0 Å². The van der Waals surface area contributed by atoms with Crippen molar-refractivity contribution in [1.82, 2.24) is 4.90 Å². The molecule has 30 heavy (non-hydrogen) atoms. The fourth-order valence-corrected chi connectivity index (χ4v) is 4.11. The Bertz CT molecular complexity index is 927. The molecule has 0 N–H and O–H groups in total. The van der Waals surface area contributed by atoms with Gasteiger partial charge in [0.25, 0.3) is 5.91 Å². The first-order valence-electron chi connectivity index (χ1n) is 10.8. The molecule has 0 saturated carbocycles. The summed E-state index contributed by atoms with van der Waals surface area (Å²) < 4.78 is 6.11. The van der Waals surface area contributed by atoms with E-state index in [0.29, 0.717) is 13.1 Å². The van der Waals surface area contributed by atoms with Crippen molar-refractivity contribution in [2.45, 2.75) is 51.8 Å². The predicted octanol–water partition coefficient (Wildman–Crippen LogP) is 5.56. The summed E-state index contributed by atoms with van der Waals surface area (Å²) in [4.78, 5) is 15.2. The second kappa shape index (κ2) is 9.62. The van der Waals surface area contributed by atoms with Gasteiger partial charge >= 0.3 is 0 Å². The van der Waals surface area contributed by atoms with Gasteiger partial charge in [0.05, 0.1) is 0 Å². The first-order chi connectivity index (χ1) is 14.7. The van der Waals surface area contributed by atoms with Gasteiger partial charge in [-0.25, -0.2) is 0 Å². The average Bonchev–Trinajstić information content (AvgIpc) is 2.79. The van der Waals surface area contributed by atoms with Crippen molar-refractivity contribution in [3.63, 3.8) is 0 Å². The van der Waals surface area contributed by atoms with Crippen LogP contribution in [-0.4, -0.2) is 16.9 Å². The van der Waals surface area contributed by atoms with Crippen LogP contribution in [-0.2, 0) is 30.7 Å². The van der Waals surface area contributed by atoms with Crippen LogP contribution in [0.3, 0.4) is 0 Å². The van der Waals surface area contributed by atoms with E-state index in [1.165, 1.54) is 24.0 Å². The van der Waals surface area contributed by atoms with Gasteiger partial charge in [0.15, 0.2) is 6.10 Å². The zero-order chi connectivity index (χ0) is 20.8. The summed E-state index contributed by atoms with van der Waals surface area (Å²) in [6.07, 6.45) is 4.19. The highest BCUT2D eigenvalue weighted by Crippen LogP contribution is 2.26. The highest BCUT2D eigenvalue weighted by Gasteiger charge is 2.23. The minimum Gasteiger partial charge on any atom is -0.481 e. The second-order valence-corrected chi connectivity index (χ2v) is 8.06. The minimum atomic E-state index is -0.543.